The van der Waals surface area contributed by atoms with Gasteiger partial charge in [0.25, 0.3) is 0 Å². The Morgan fingerprint density at radius 2 is 1.07 bits per heavy atom. The average Bonchev–Trinajstić information content (AvgIpc) is 1.81. The van der Waals surface area contributed by atoms with Crippen molar-refractivity contribution in [1.29, 1.82) is 0 Å². The summed E-state index contributed by atoms with van der Waals surface area (Å²) in [6, 6.07) is 0. The molecule has 0 amide bonds. The van der Waals surface area contributed by atoms with E-state index in [1.165, 1.54) is 0 Å². The fourth-order valence-electron chi connectivity index (χ4n) is 0.356. The van der Waals surface area contributed by atoms with Crippen molar-refractivity contribution >= 4 is 45.8 Å². The van der Waals surface area contributed by atoms with Crippen LogP contribution in [0.4, 0.5) is 30.7 Å². The van der Waals surface area contributed by atoms with Crippen LogP contribution in [0, 0.1) is 0 Å². The smallest absolute Gasteiger partial charge is 0.211 e. The van der Waals surface area contributed by atoms with Crippen molar-refractivity contribution in [3.8, 4) is 0 Å². The lowest BCUT2D eigenvalue weighted by Gasteiger charge is -2.33. The predicted octanol–water partition coefficient (Wildman–Crippen LogP) is 4.39. The molecule has 0 aliphatic rings. The van der Waals surface area contributed by atoms with Gasteiger partial charge in [0.1, 0.15) is 0 Å². The monoisotopic (exact) mass is 378 g/mol. The number of alkyl halides is 10. The van der Waals surface area contributed by atoms with Crippen molar-refractivity contribution in [2.45, 2.75) is 20.4 Å². The normalized spacial score (nSPS) is 19.3. The lowest BCUT2D eigenvalue weighted by atomic mass is 10.2. The summed E-state index contributed by atoms with van der Waals surface area (Å²) in [5, 5.41) is -10.7. The second kappa shape index (κ2) is 3.69. The molecule has 0 aromatic carbocycles. The van der Waals surface area contributed by atoms with E-state index in [0.29, 0.717) is 0 Å². The SMILES string of the molecule is FC(F)(Cl)C(F)(Cl)C(F)(F)C(F)(F)I. The fraction of sp³-hybridized carbons (Fsp3) is 1.00. The molecule has 0 rings (SSSR count). The topological polar surface area (TPSA) is 0 Å². The molecule has 10 heteroatoms. The quantitative estimate of drug-likeness (QED) is 0.388. The molecule has 0 saturated heterocycles. The minimum absolute atomic E-state index is 0.215. The van der Waals surface area contributed by atoms with Gasteiger partial charge in [-0.3, -0.25) is 0 Å². The van der Waals surface area contributed by atoms with Gasteiger partial charge in [0.2, 0.25) is 0 Å². The first-order valence-corrected chi connectivity index (χ1v) is 4.47. The van der Waals surface area contributed by atoms with Crippen LogP contribution in [-0.2, 0) is 0 Å². The highest BCUT2D eigenvalue weighted by Crippen LogP contribution is 2.57. The van der Waals surface area contributed by atoms with Crippen molar-refractivity contribution in [1.82, 2.24) is 0 Å². The second-order valence-electron chi connectivity index (χ2n) is 2.14. The lowest BCUT2D eigenvalue weighted by Crippen LogP contribution is -2.57. The van der Waals surface area contributed by atoms with Crippen molar-refractivity contribution in [3.63, 3.8) is 0 Å². The highest BCUT2D eigenvalue weighted by Gasteiger charge is 2.77. The summed E-state index contributed by atoms with van der Waals surface area (Å²) in [5.41, 5.74) is 0. The Morgan fingerprint density at radius 3 is 1.14 bits per heavy atom. The van der Waals surface area contributed by atoms with Gasteiger partial charge in [0.15, 0.2) is 0 Å². The van der Waals surface area contributed by atoms with E-state index >= 15 is 0 Å². The summed E-state index contributed by atoms with van der Waals surface area (Å²) in [6.07, 6.45) is 0. The molecule has 1 atom stereocenters. The van der Waals surface area contributed by atoms with Crippen LogP contribution < -0.4 is 0 Å². The van der Waals surface area contributed by atoms with Gasteiger partial charge in [-0.1, -0.05) is 11.6 Å². The molecule has 14 heavy (non-hydrogen) atoms. The first-order valence-electron chi connectivity index (χ1n) is 2.64. The molecule has 0 aromatic rings. The van der Waals surface area contributed by atoms with Gasteiger partial charge in [-0.25, -0.2) is 4.39 Å². The zero-order valence-electron chi connectivity index (χ0n) is 5.78. The average molecular weight is 379 g/mol. The Morgan fingerprint density at radius 1 is 0.786 bits per heavy atom. The van der Waals surface area contributed by atoms with Crippen LogP contribution in [-0.4, -0.2) is 20.4 Å². The van der Waals surface area contributed by atoms with Crippen LogP contribution in [0.15, 0.2) is 0 Å². The Bertz CT molecular complexity index is 193. The molecule has 86 valence electrons. The molecule has 0 aliphatic heterocycles. The Labute approximate surface area is 96.9 Å². The van der Waals surface area contributed by atoms with E-state index < -0.39 is 20.4 Å². The molecular weight excluding hydrogens is 379 g/mol. The highest BCUT2D eigenvalue weighted by atomic mass is 127. The zero-order valence-corrected chi connectivity index (χ0v) is 9.45. The van der Waals surface area contributed by atoms with Crippen molar-refractivity contribution in [3.05, 3.63) is 0 Å². The van der Waals surface area contributed by atoms with Crippen LogP contribution in [0.2, 0.25) is 0 Å². The maximum Gasteiger partial charge on any atom is 0.375 e. The number of hydrogen-bond donors (Lipinski definition) is 0. The zero-order chi connectivity index (χ0) is 12.0. The van der Waals surface area contributed by atoms with Crippen LogP contribution in [0.3, 0.4) is 0 Å². The number of halogens is 10. The summed E-state index contributed by atoms with van der Waals surface area (Å²) >= 11 is 7.65. The Balaban J connectivity index is 5.30. The largest absolute Gasteiger partial charge is 0.375 e. The van der Waals surface area contributed by atoms with Crippen LogP contribution in [0.25, 0.3) is 0 Å². The van der Waals surface area contributed by atoms with Crippen LogP contribution in [0.1, 0.15) is 0 Å². The molecule has 0 spiro atoms. The van der Waals surface area contributed by atoms with Gasteiger partial charge in [-0.15, -0.1) is 0 Å². The second-order valence-corrected chi connectivity index (χ2v) is 4.49. The maximum absolute atomic E-state index is 12.5. The van der Waals surface area contributed by atoms with Crippen molar-refractivity contribution in [2.75, 3.05) is 0 Å². The maximum atomic E-state index is 12.5. The summed E-state index contributed by atoms with van der Waals surface area (Å²) in [5.74, 6) is -5.81. The lowest BCUT2D eigenvalue weighted by molar-refractivity contribution is -0.235. The summed E-state index contributed by atoms with van der Waals surface area (Å²) in [7, 11) is 0. The first kappa shape index (κ1) is 14.8. The van der Waals surface area contributed by atoms with E-state index in [4.69, 9.17) is 0 Å². The molecule has 0 heterocycles. The van der Waals surface area contributed by atoms with Gasteiger partial charge in [0, 0.05) is 22.6 Å². The van der Waals surface area contributed by atoms with E-state index in [2.05, 4.69) is 23.2 Å². The van der Waals surface area contributed by atoms with Crippen molar-refractivity contribution in [2.24, 2.45) is 0 Å². The number of rotatable bonds is 3. The molecule has 0 bridgehead atoms. The summed E-state index contributed by atoms with van der Waals surface area (Å²) < 4.78 is 80.2. The molecule has 0 aromatic heterocycles. The summed E-state index contributed by atoms with van der Waals surface area (Å²) in [4.78, 5) is 0. The Hall–Kier alpha value is 0.820. The third-order valence-corrected chi connectivity index (χ3v) is 2.62. The van der Waals surface area contributed by atoms with Gasteiger partial charge in [0.05, 0.1) is 0 Å². The minimum atomic E-state index is -5.81. The van der Waals surface area contributed by atoms with Gasteiger partial charge in [-0.05, 0) is 11.6 Å². The molecule has 0 radical (unpaired) electrons. The fourth-order valence-corrected chi connectivity index (χ4v) is 1.12. The third-order valence-electron chi connectivity index (χ3n) is 1.11. The van der Waals surface area contributed by atoms with Crippen molar-refractivity contribution < 1.29 is 30.7 Å². The number of hydrogen-bond acceptors (Lipinski definition) is 0. The van der Waals surface area contributed by atoms with E-state index in [-0.39, 0.29) is 22.6 Å². The predicted molar refractivity (Wildman–Crippen MR) is 44.4 cm³/mol. The molecule has 0 N–H and O–H groups in total. The van der Waals surface area contributed by atoms with E-state index in [1.54, 1.807) is 0 Å². The third kappa shape index (κ3) is 2.31. The van der Waals surface area contributed by atoms with Gasteiger partial charge < -0.3 is 0 Å². The standard InChI is InChI=1S/C4Cl2F7I/c5-1(7,3(6,10)11)2(8,9)4(12,13)14. The molecule has 0 nitrogen and oxygen atoms in total. The van der Waals surface area contributed by atoms with Gasteiger partial charge in [-0.2, -0.15) is 26.3 Å². The minimum Gasteiger partial charge on any atom is -0.211 e. The van der Waals surface area contributed by atoms with E-state index in [1.807, 2.05) is 0 Å². The molecular formula is C4Cl2F7I. The van der Waals surface area contributed by atoms with E-state index in [9.17, 15) is 30.7 Å². The molecule has 0 aliphatic carbocycles. The van der Waals surface area contributed by atoms with Crippen LogP contribution >= 0.6 is 45.8 Å². The van der Waals surface area contributed by atoms with E-state index in [0.717, 1.165) is 0 Å². The molecule has 1 unspecified atom stereocenters. The molecule has 0 fully saturated rings. The van der Waals surface area contributed by atoms with Gasteiger partial charge >= 0.3 is 20.4 Å². The Kier molecular flexibility index (Phi) is 3.90. The summed E-state index contributed by atoms with van der Waals surface area (Å²) in [6.45, 7) is 0. The first-order chi connectivity index (χ1) is 5.75. The molecule has 0 saturated carbocycles. The van der Waals surface area contributed by atoms with Crippen LogP contribution in [0.5, 0.6) is 0 Å². The highest BCUT2D eigenvalue weighted by molar-refractivity contribution is 14.1.